The monoisotopic (exact) mass is 443 g/mol. The molecule has 3 rings (SSSR count). The van der Waals surface area contributed by atoms with Crippen LogP contribution in [0.25, 0.3) is 0 Å². The molecule has 1 saturated heterocycles. The molecule has 6 nitrogen and oxygen atoms in total. The maximum absolute atomic E-state index is 13.0. The number of carboxylic acid groups (broad SMARTS) is 1. The lowest BCUT2D eigenvalue weighted by Crippen LogP contribution is -2.29. The molecule has 0 radical (unpaired) electrons. The number of hydrogen-bond donors (Lipinski definition) is 2. The maximum Gasteiger partial charge on any atom is 0.338 e. The average Bonchev–Trinajstić information content (AvgIpc) is 3.07. The van der Waals surface area contributed by atoms with Gasteiger partial charge in [-0.05, 0) is 69.2 Å². The van der Waals surface area contributed by atoms with Gasteiger partial charge >= 0.3 is 5.97 Å². The van der Waals surface area contributed by atoms with Gasteiger partial charge in [0.15, 0.2) is 0 Å². The van der Waals surface area contributed by atoms with Crippen LogP contribution in [0.15, 0.2) is 24.3 Å². The summed E-state index contributed by atoms with van der Waals surface area (Å²) in [6.07, 6.45) is 3.63. The van der Waals surface area contributed by atoms with E-state index >= 15 is 0 Å². The summed E-state index contributed by atoms with van der Waals surface area (Å²) < 4.78 is 0. The lowest BCUT2D eigenvalue weighted by molar-refractivity contribution is 0.0697. The van der Waals surface area contributed by atoms with Crippen LogP contribution in [0.4, 0.5) is 5.00 Å². The van der Waals surface area contributed by atoms with E-state index in [0.29, 0.717) is 10.6 Å². The van der Waals surface area contributed by atoms with Gasteiger partial charge in [-0.3, -0.25) is 14.6 Å². The number of likely N-dealkylation sites (tertiary alicyclic amines) is 1. The number of amides is 1. The van der Waals surface area contributed by atoms with E-state index in [2.05, 4.69) is 29.0 Å². The first-order valence-electron chi connectivity index (χ1n) is 11.1. The van der Waals surface area contributed by atoms with Gasteiger partial charge in [-0.1, -0.05) is 32.4 Å². The second-order valence-corrected chi connectivity index (χ2v) is 9.22. The number of aromatic carboxylic acids is 1. The molecule has 1 aromatic heterocycles. The molecular formula is C24H33N3O3S. The molecule has 0 aliphatic carbocycles. The molecule has 1 fully saturated rings. The molecule has 2 aromatic rings. The summed E-state index contributed by atoms with van der Waals surface area (Å²) in [4.78, 5) is 30.6. The number of piperidine rings is 1. The van der Waals surface area contributed by atoms with E-state index in [1.165, 1.54) is 30.6 Å². The van der Waals surface area contributed by atoms with Crippen LogP contribution in [0.1, 0.15) is 69.8 Å². The highest BCUT2D eigenvalue weighted by molar-refractivity contribution is 7.17. The minimum atomic E-state index is -0.996. The third-order valence-corrected chi connectivity index (χ3v) is 7.18. The van der Waals surface area contributed by atoms with Crippen LogP contribution in [0.2, 0.25) is 0 Å². The van der Waals surface area contributed by atoms with Gasteiger partial charge in [-0.2, -0.15) is 0 Å². The number of benzene rings is 1. The topological polar surface area (TPSA) is 72.9 Å². The zero-order valence-corrected chi connectivity index (χ0v) is 19.6. The van der Waals surface area contributed by atoms with Crippen molar-refractivity contribution in [2.24, 2.45) is 0 Å². The number of carbonyl (C=O) groups excluding carboxylic acids is 1. The predicted molar refractivity (Wildman–Crippen MR) is 126 cm³/mol. The molecule has 0 spiro atoms. The molecule has 2 N–H and O–H groups in total. The van der Waals surface area contributed by atoms with Gasteiger partial charge in [-0.15, -0.1) is 11.3 Å². The fourth-order valence-corrected chi connectivity index (χ4v) is 5.30. The predicted octanol–water partition coefficient (Wildman–Crippen LogP) is 4.83. The van der Waals surface area contributed by atoms with Crippen molar-refractivity contribution in [3.63, 3.8) is 0 Å². The minimum Gasteiger partial charge on any atom is -0.478 e. The fraction of sp³-hybridized carbons (Fsp3) is 0.500. The number of carbonyl (C=O) groups is 2. The summed E-state index contributed by atoms with van der Waals surface area (Å²) in [6.45, 7) is 11.6. The van der Waals surface area contributed by atoms with Crippen molar-refractivity contribution in [2.45, 2.75) is 53.1 Å². The fourth-order valence-electron chi connectivity index (χ4n) is 4.07. The van der Waals surface area contributed by atoms with E-state index in [-0.39, 0.29) is 11.5 Å². The van der Waals surface area contributed by atoms with E-state index in [1.807, 2.05) is 25.1 Å². The van der Waals surface area contributed by atoms with Crippen LogP contribution < -0.4 is 5.32 Å². The molecule has 0 atom stereocenters. The summed E-state index contributed by atoms with van der Waals surface area (Å²) in [5.74, 6) is -1.26. The molecule has 7 heteroatoms. The van der Waals surface area contributed by atoms with Gasteiger partial charge < -0.3 is 10.4 Å². The number of carboxylic acids is 1. The third kappa shape index (κ3) is 5.93. The Balaban J connectivity index is 1.79. The number of anilines is 1. The Kier molecular flexibility index (Phi) is 8.23. The van der Waals surface area contributed by atoms with E-state index in [0.717, 1.165) is 55.3 Å². The van der Waals surface area contributed by atoms with Crippen molar-refractivity contribution in [1.29, 1.82) is 0 Å². The van der Waals surface area contributed by atoms with Crippen LogP contribution in [0.3, 0.4) is 0 Å². The van der Waals surface area contributed by atoms with E-state index in [1.54, 1.807) is 6.07 Å². The Bertz CT molecular complexity index is 915. The molecular weight excluding hydrogens is 410 g/mol. The van der Waals surface area contributed by atoms with Crippen LogP contribution in [0, 0.1) is 6.92 Å². The first-order valence-corrected chi connectivity index (χ1v) is 11.9. The van der Waals surface area contributed by atoms with Gasteiger partial charge in [0.05, 0.1) is 5.56 Å². The van der Waals surface area contributed by atoms with Gasteiger partial charge in [0.1, 0.15) is 5.00 Å². The van der Waals surface area contributed by atoms with Gasteiger partial charge in [0.25, 0.3) is 5.91 Å². The molecule has 0 bridgehead atoms. The Hall–Kier alpha value is -2.22. The van der Waals surface area contributed by atoms with E-state index < -0.39 is 5.97 Å². The number of thiophene rings is 1. The summed E-state index contributed by atoms with van der Waals surface area (Å²) >= 11 is 1.39. The molecule has 1 aliphatic heterocycles. The lowest BCUT2D eigenvalue weighted by atomic mass is 10.1. The Labute approximate surface area is 188 Å². The van der Waals surface area contributed by atoms with Gasteiger partial charge in [0.2, 0.25) is 0 Å². The molecule has 168 valence electrons. The summed E-state index contributed by atoms with van der Waals surface area (Å²) in [6, 6.07) is 7.57. The number of nitrogens with one attached hydrogen (secondary N) is 1. The molecule has 1 amide bonds. The Morgan fingerprint density at radius 1 is 1.16 bits per heavy atom. The highest BCUT2D eigenvalue weighted by atomic mass is 32.1. The molecule has 0 unspecified atom stereocenters. The molecule has 2 heterocycles. The SMILES string of the molecule is CCN(CC)Cc1cccc(C(=O)Nc2sc(CN3CCCCC3)c(C)c2C(=O)O)c1. The van der Waals surface area contributed by atoms with Crippen LogP contribution in [-0.4, -0.2) is 53.0 Å². The molecule has 31 heavy (non-hydrogen) atoms. The van der Waals surface area contributed by atoms with Crippen molar-refractivity contribution in [3.8, 4) is 0 Å². The second kappa shape index (κ2) is 10.9. The van der Waals surface area contributed by atoms with Crippen molar-refractivity contribution >= 4 is 28.2 Å². The standard InChI is InChI=1S/C24H33N3O3S/c1-4-26(5-2)15-18-10-9-11-19(14-18)22(28)25-23-21(24(29)30)17(3)20(31-23)16-27-12-7-6-8-13-27/h9-11,14H,4-8,12-13,15-16H2,1-3H3,(H,25,28)(H,29,30). The maximum atomic E-state index is 13.0. The lowest BCUT2D eigenvalue weighted by Gasteiger charge is -2.26. The van der Waals surface area contributed by atoms with Crippen molar-refractivity contribution in [3.05, 3.63) is 51.4 Å². The summed E-state index contributed by atoms with van der Waals surface area (Å²) in [7, 11) is 0. The van der Waals surface area contributed by atoms with Crippen LogP contribution >= 0.6 is 11.3 Å². The number of hydrogen-bond acceptors (Lipinski definition) is 5. The summed E-state index contributed by atoms with van der Waals surface area (Å²) in [5, 5.41) is 13.1. The average molecular weight is 444 g/mol. The van der Waals surface area contributed by atoms with Crippen molar-refractivity contribution < 1.29 is 14.7 Å². The molecule has 1 aliphatic rings. The van der Waals surface area contributed by atoms with Gasteiger partial charge in [0, 0.05) is 23.5 Å². The number of nitrogens with zero attached hydrogens (tertiary/aromatic N) is 2. The molecule has 0 saturated carbocycles. The Morgan fingerprint density at radius 2 is 1.87 bits per heavy atom. The first-order chi connectivity index (χ1) is 14.9. The summed E-state index contributed by atoms with van der Waals surface area (Å²) in [5.41, 5.74) is 2.59. The largest absolute Gasteiger partial charge is 0.478 e. The highest BCUT2D eigenvalue weighted by Gasteiger charge is 2.24. The third-order valence-electron chi connectivity index (χ3n) is 5.99. The highest BCUT2D eigenvalue weighted by Crippen LogP contribution is 2.34. The minimum absolute atomic E-state index is 0.213. The van der Waals surface area contributed by atoms with Gasteiger partial charge in [-0.25, -0.2) is 4.79 Å². The smallest absolute Gasteiger partial charge is 0.338 e. The second-order valence-electron chi connectivity index (χ2n) is 8.11. The Morgan fingerprint density at radius 3 is 2.52 bits per heavy atom. The van der Waals surface area contributed by atoms with Crippen molar-refractivity contribution in [1.82, 2.24) is 9.80 Å². The number of rotatable bonds is 9. The zero-order chi connectivity index (χ0) is 22.4. The van der Waals surface area contributed by atoms with Crippen molar-refractivity contribution in [2.75, 3.05) is 31.5 Å². The van der Waals surface area contributed by atoms with E-state index in [4.69, 9.17) is 0 Å². The quantitative estimate of drug-likeness (QED) is 0.580. The van der Waals surface area contributed by atoms with Crippen LogP contribution in [-0.2, 0) is 13.1 Å². The molecule has 1 aromatic carbocycles. The van der Waals surface area contributed by atoms with E-state index in [9.17, 15) is 14.7 Å². The normalized spacial score (nSPS) is 14.7. The van der Waals surface area contributed by atoms with Crippen LogP contribution in [0.5, 0.6) is 0 Å². The zero-order valence-electron chi connectivity index (χ0n) is 18.7. The first kappa shape index (κ1) is 23.4.